The van der Waals surface area contributed by atoms with Gasteiger partial charge < -0.3 is 19.9 Å². The van der Waals surface area contributed by atoms with Crippen LogP contribution >= 0.6 is 0 Å². The molecule has 0 amide bonds. The zero-order chi connectivity index (χ0) is 14.8. The van der Waals surface area contributed by atoms with Crippen molar-refractivity contribution in [1.82, 2.24) is 5.32 Å². The zero-order valence-corrected chi connectivity index (χ0v) is 12.8. The fourth-order valence-electron chi connectivity index (χ4n) is 2.56. The van der Waals surface area contributed by atoms with Gasteiger partial charge in [-0.05, 0) is 32.2 Å². The van der Waals surface area contributed by atoms with Crippen molar-refractivity contribution in [2.75, 3.05) is 26.4 Å². The van der Waals surface area contributed by atoms with E-state index in [1.807, 2.05) is 6.92 Å². The largest absolute Gasteiger partial charge is 0.480 e. The van der Waals surface area contributed by atoms with Gasteiger partial charge in [0.15, 0.2) is 0 Å². The van der Waals surface area contributed by atoms with Crippen LogP contribution in [0.3, 0.4) is 0 Å². The molecule has 1 saturated carbocycles. The summed E-state index contributed by atoms with van der Waals surface area (Å²) in [5.41, 5.74) is -0.788. The molecule has 0 heterocycles. The van der Waals surface area contributed by atoms with E-state index in [0.29, 0.717) is 26.1 Å². The van der Waals surface area contributed by atoms with Crippen LogP contribution in [0.15, 0.2) is 0 Å². The van der Waals surface area contributed by atoms with Crippen LogP contribution < -0.4 is 5.32 Å². The quantitative estimate of drug-likeness (QED) is 0.570. The standard InChI is InChI=1S/C15H29NO4/c1-3-5-9-19-10-11-20-13-6-7-15(12-13,14(17)18)16-8-4-2/h13,16H,3-12H2,1-2H3,(H,17,18). The van der Waals surface area contributed by atoms with Crippen molar-refractivity contribution in [3.63, 3.8) is 0 Å². The molecule has 20 heavy (non-hydrogen) atoms. The first kappa shape index (κ1) is 17.4. The average molecular weight is 287 g/mol. The van der Waals surface area contributed by atoms with Gasteiger partial charge in [-0.3, -0.25) is 4.79 Å². The normalized spacial score (nSPS) is 26.0. The Hall–Kier alpha value is -0.650. The molecule has 2 unspecified atom stereocenters. The third kappa shape index (κ3) is 5.38. The van der Waals surface area contributed by atoms with E-state index in [-0.39, 0.29) is 6.10 Å². The van der Waals surface area contributed by atoms with E-state index in [1.54, 1.807) is 0 Å². The minimum Gasteiger partial charge on any atom is -0.480 e. The molecule has 0 aliphatic heterocycles. The van der Waals surface area contributed by atoms with E-state index in [2.05, 4.69) is 12.2 Å². The molecule has 0 bridgehead atoms. The number of hydrogen-bond donors (Lipinski definition) is 2. The van der Waals surface area contributed by atoms with Crippen LogP contribution in [-0.2, 0) is 14.3 Å². The van der Waals surface area contributed by atoms with E-state index in [1.165, 1.54) is 0 Å². The molecular formula is C15H29NO4. The van der Waals surface area contributed by atoms with Crippen molar-refractivity contribution in [3.8, 4) is 0 Å². The molecule has 1 fully saturated rings. The summed E-state index contributed by atoms with van der Waals surface area (Å²) in [4.78, 5) is 11.5. The summed E-state index contributed by atoms with van der Waals surface area (Å²) in [5.74, 6) is -0.753. The van der Waals surface area contributed by atoms with Gasteiger partial charge in [0.25, 0.3) is 0 Å². The van der Waals surface area contributed by atoms with Crippen LogP contribution in [0.2, 0.25) is 0 Å². The summed E-state index contributed by atoms with van der Waals surface area (Å²) < 4.78 is 11.2. The van der Waals surface area contributed by atoms with Crippen LogP contribution in [0.4, 0.5) is 0 Å². The molecule has 2 N–H and O–H groups in total. The average Bonchev–Trinajstić information content (AvgIpc) is 2.85. The Bertz CT molecular complexity index is 285. The van der Waals surface area contributed by atoms with Crippen LogP contribution in [0, 0.1) is 0 Å². The highest BCUT2D eigenvalue weighted by atomic mass is 16.5. The van der Waals surface area contributed by atoms with Crippen LogP contribution in [-0.4, -0.2) is 49.1 Å². The van der Waals surface area contributed by atoms with Crippen LogP contribution in [0.5, 0.6) is 0 Å². The van der Waals surface area contributed by atoms with E-state index >= 15 is 0 Å². The van der Waals surface area contributed by atoms with E-state index in [9.17, 15) is 9.90 Å². The summed E-state index contributed by atoms with van der Waals surface area (Å²) in [6, 6.07) is 0. The summed E-state index contributed by atoms with van der Waals surface area (Å²) in [6.07, 6.45) is 5.18. The minimum atomic E-state index is -0.788. The molecule has 0 saturated heterocycles. The number of nitrogens with one attached hydrogen (secondary N) is 1. The highest BCUT2D eigenvalue weighted by Gasteiger charge is 2.45. The van der Waals surface area contributed by atoms with Crippen LogP contribution in [0.25, 0.3) is 0 Å². The topological polar surface area (TPSA) is 67.8 Å². The number of carboxylic acid groups (broad SMARTS) is 1. The number of rotatable bonds is 11. The lowest BCUT2D eigenvalue weighted by molar-refractivity contribution is -0.145. The predicted octanol–water partition coefficient (Wildman–Crippen LogP) is 2.20. The summed E-state index contributed by atoms with van der Waals surface area (Å²) in [5, 5.41) is 12.6. The number of unbranched alkanes of at least 4 members (excludes halogenated alkanes) is 1. The highest BCUT2D eigenvalue weighted by molar-refractivity contribution is 5.79. The van der Waals surface area contributed by atoms with Gasteiger partial charge in [0.2, 0.25) is 0 Å². The molecule has 0 aromatic heterocycles. The maximum atomic E-state index is 11.5. The van der Waals surface area contributed by atoms with Gasteiger partial charge in [0, 0.05) is 13.0 Å². The Morgan fingerprint density at radius 1 is 1.30 bits per heavy atom. The molecule has 2 atom stereocenters. The third-order valence-corrected chi connectivity index (χ3v) is 3.82. The Morgan fingerprint density at radius 3 is 2.75 bits per heavy atom. The first-order chi connectivity index (χ1) is 9.64. The molecule has 118 valence electrons. The van der Waals surface area contributed by atoms with Crippen molar-refractivity contribution in [1.29, 1.82) is 0 Å². The smallest absolute Gasteiger partial charge is 0.323 e. The third-order valence-electron chi connectivity index (χ3n) is 3.82. The van der Waals surface area contributed by atoms with Crippen molar-refractivity contribution >= 4 is 5.97 Å². The molecule has 1 rings (SSSR count). The predicted molar refractivity (Wildman–Crippen MR) is 78.0 cm³/mol. The summed E-state index contributed by atoms with van der Waals surface area (Å²) in [6.45, 7) is 6.84. The molecule has 0 aromatic rings. The van der Waals surface area contributed by atoms with Crippen molar-refractivity contribution < 1.29 is 19.4 Å². The van der Waals surface area contributed by atoms with Gasteiger partial charge in [-0.15, -0.1) is 0 Å². The number of aliphatic carboxylic acids is 1. The van der Waals surface area contributed by atoms with Crippen molar-refractivity contribution in [2.45, 2.75) is 64.0 Å². The molecule has 5 nitrogen and oxygen atoms in total. The highest BCUT2D eigenvalue weighted by Crippen LogP contribution is 2.32. The Kier molecular flexibility index (Phi) is 8.11. The van der Waals surface area contributed by atoms with Gasteiger partial charge in [0.05, 0.1) is 19.3 Å². The van der Waals surface area contributed by atoms with Gasteiger partial charge in [-0.2, -0.15) is 0 Å². The van der Waals surface area contributed by atoms with Crippen LogP contribution in [0.1, 0.15) is 52.4 Å². The molecule has 1 aliphatic rings. The van der Waals surface area contributed by atoms with Crippen molar-refractivity contribution in [3.05, 3.63) is 0 Å². The maximum absolute atomic E-state index is 11.5. The van der Waals surface area contributed by atoms with Crippen molar-refractivity contribution in [2.24, 2.45) is 0 Å². The number of carboxylic acids is 1. The molecule has 0 aromatic carbocycles. The SMILES string of the molecule is CCCCOCCOC1CCC(NCCC)(C(=O)O)C1. The molecular weight excluding hydrogens is 258 g/mol. The Morgan fingerprint density at radius 2 is 2.10 bits per heavy atom. The molecule has 1 aliphatic carbocycles. The molecule has 0 spiro atoms. The lowest BCUT2D eigenvalue weighted by atomic mass is 9.97. The maximum Gasteiger partial charge on any atom is 0.323 e. The van der Waals surface area contributed by atoms with Gasteiger partial charge in [0.1, 0.15) is 5.54 Å². The monoisotopic (exact) mass is 287 g/mol. The lowest BCUT2D eigenvalue weighted by Gasteiger charge is -2.25. The minimum absolute atomic E-state index is 0.0326. The first-order valence-corrected chi connectivity index (χ1v) is 7.82. The number of carbonyl (C=O) groups is 1. The summed E-state index contributed by atoms with van der Waals surface area (Å²) in [7, 11) is 0. The number of hydrogen-bond acceptors (Lipinski definition) is 4. The molecule has 5 heteroatoms. The fourth-order valence-corrected chi connectivity index (χ4v) is 2.56. The zero-order valence-electron chi connectivity index (χ0n) is 12.8. The van der Waals surface area contributed by atoms with Gasteiger partial charge in [-0.25, -0.2) is 0 Å². The lowest BCUT2D eigenvalue weighted by Crippen LogP contribution is -2.50. The number of ether oxygens (including phenoxy) is 2. The van der Waals surface area contributed by atoms with E-state index < -0.39 is 11.5 Å². The van der Waals surface area contributed by atoms with E-state index in [0.717, 1.165) is 38.8 Å². The fraction of sp³-hybridized carbons (Fsp3) is 0.933. The second-order valence-corrected chi connectivity index (χ2v) is 5.52. The second kappa shape index (κ2) is 9.32. The Balaban J connectivity index is 2.24. The molecule has 0 radical (unpaired) electrons. The van der Waals surface area contributed by atoms with Gasteiger partial charge in [-0.1, -0.05) is 20.3 Å². The first-order valence-electron chi connectivity index (χ1n) is 7.82. The second-order valence-electron chi connectivity index (χ2n) is 5.52. The summed E-state index contributed by atoms with van der Waals surface area (Å²) >= 11 is 0. The Labute approximate surface area is 122 Å². The van der Waals surface area contributed by atoms with E-state index in [4.69, 9.17) is 9.47 Å². The van der Waals surface area contributed by atoms with Gasteiger partial charge >= 0.3 is 5.97 Å².